The van der Waals surface area contributed by atoms with Gasteiger partial charge in [0.05, 0.1) is 0 Å². The molecule has 1 heterocycles. The van der Waals surface area contributed by atoms with E-state index in [0.717, 1.165) is 19.6 Å². The predicted molar refractivity (Wildman–Crippen MR) is 59.6 cm³/mol. The number of piperazine rings is 1. The molecule has 3 heteroatoms. The second kappa shape index (κ2) is 5.75. The SMILES string of the molecule is N.c1ccc(CN2CCNCC2)cc1. The number of hydrogen-bond donors (Lipinski definition) is 2. The first-order valence-electron chi connectivity index (χ1n) is 4.92. The largest absolute Gasteiger partial charge is 0.344 e. The molecule has 4 N–H and O–H groups in total. The van der Waals surface area contributed by atoms with E-state index < -0.39 is 0 Å². The molecule has 0 aromatic heterocycles. The minimum Gasteiger partial charge on any atom is -0.344 e. The van der Waals surface area contributed by atoms with Crippen LogP contribution in [0.4, 0.5) is 0 Å². The molecule has 3 nitrogen and oxygen atoms in total. The summed E-state index contributed by atoms with van der Waals surface area (Å²) in [6.45, 7) is 5.71. The fourth-order valence-electron chi connectivity index (χ4n) is 1.71. The second-order valence-electron chi connectivity index (χ2n) is 3.51. The molecular weight excluding hydrogens is 174 g/mol. The van der Waals surface area contributed by atoms with E-state index in [1.165, 1.54) is 18.7 Å². The van der Waals surface area contributed by atoms with Crippen LogP contribution in [0.25, 0.3) is 0 Å². The molecule has 0 saturated carbocycles. The van der Waals surface area contributed by atoms with Gasteiger partial charge in [0.25, 0.3) is 0 Å². The first-order chi connectivity index (χ1) is 6.45. The molecule has 0 amide bonds. The third-order valence-corrected chi connectivity index (χ3v) is 2.46. The van der Waals surface area contributed by atoms with Gasteiger partial charge in [0.2, 0.25) is 0 Å². The molecule has 1 fully saturated rings. The highest BCUT2D eigenvalue weighted by Crippen LogP contribution is 2.04. The van der Waals surface area contributed by atoms with E-state index in [9.17, 15) is 0 Å². The van der Waals surface area contributed by atoms with Gasteiger partial charge in [-0.2, -0.15) is 0 Å². The van der Waals surface area contributed by atoms with E-state index in [4.69, 9.17) is 0 Å². The zero-order valence-electron chi connectivity index (χ0n) is 8.58. The maximum atomic E-state index is 3.36. The molecule has 1 saturated heterocycles. The lowest BCUT2D eigenvalue weighted by molar-refractivity contribution is 0.233. The van der Waals surface area contributed by atoms with Gasteiger partial charge in [-0.3, -0.25) is 4.90 Å². The summed E-state index contributed by atoms with van der Waals surface area (Å²) in [6.07, 6.45) is 0. The summed E-state index contributed by atoms with van der Waals surface area (Å²) in [6, 6.07) is 10.7. The van der Waals surface area contributed by atoms with Crippen LogP contribution in [-0.4, -0.2) is 31.1 Å². The molecule has 1 aromatic rings. The average molecular weight is 193 g/mol. The Morgan fingerprint density at radius 3 is 2.36 bits per heavy atom. The second-order valence-corrected chi connectivity index (χ2v) is 3.51. The van der Waals surface area contributed by atoms with Crippen LogP contribution in [0, 0.1) is 0 Å². The van der Waals surface area contributed by atoms with Crippen LogP contribution < -0.4 is 11.5 Å². The number of rotatable bonds is 2. The van der Waals surface area contributed by atoms with Crippen molar-refractivity contribution in [3.05, 3.63) is 35.9 Å². The van der Waals surface area contributed by atoms with Crippen molar-refractivity contribution in [2.24, 2.45) is 0 Å². The van der Waals surface area contributed by atoms with Gasteiger partial charge in [-0.1, -0.05) is 30.3 Å². The van der Waals surface area contributed by atoms with Crippen molar-refractivity contribution in [3.63, 3.8) is 0 Å². The maximum absolute atomic E-state index is 3.36. The summed E-state index contributed by atoms with van der Waals surface area (Å²) >= 11 is 0. The lowest BCUT2D eigenvalue weighted by Gasteiger charge is -2.27. The molecular formula is C11H19N3. The van der Waals surface area contributed by atoms with Gasteiger partial charge < -0.3 is 11.5 Å². The average Bonchev–Trinajstić information content (AvgIpc) is 2.21. The zero-order chi connectivity index (χ0) is 8.93. The fourth-order valence-corrected chi connectivity index (χ4v) is 1.71. The van der Waals surface area contributed by atoms with E-state index in [0.29, 0.717) is 0 Å². The Kier molecular flexibility index (Phi) is 4.59. The molecule has 1 aliphatic heterocycles. The topological polar surface area (TPSA) is 50.3 Å². The standard InChI is InChI=1S/C11H16N2.H3N/c1-2-4-11(5-3-1)10-13-8-6-12-7-9-13;/h1-5,12H,6-10H2;1H3. The monoisotopic (exact) mass is 193 g/mol. The van der Waals surface area contributed by atoms with E-state index in [1.54, 1.807) is 0 Å². The van der Waals surface area contributed by atoms with Crippen molar-refractivity contribution in [2.45, 2.75) is 6.54 Å². The summed E-state index contributed by atoms with van der Waals surface area (Å²) in [5, 5.41) is 3.36. The summed E-state index contributed by atoms with van der Waals surface area (Å²) < 4.78 is 0. The van der Waals surface area contributed by atoms with Crippen LogP contribution in [0.1, 0.15) is 5.56 Å². The van der Waals surface area contributed by atoms with Crippen molar-refractivity contribution >= 4 is 0 Å². The van der Waals surface area contributed by atoms with E-state index in [2.05, 4.69) is 40.5 Å². The molecule has 0 spiro atoms. The normalized spacial score (nSPS) is 17.4. The van der Waals surface area contributed by atoms with Crippen molar-refractivity contribution < 1.29 is 0 Å². The highest BCUT2D eigenvalue weighted by atomic mass is 15.2. The number of nitrogens with one attached hydrogen (secondary N) is 1. The van der Waals surface area contributed by atoms with Gasteiger partial charge in [0, 0.05) is 32.7 Å². The highest BCUT2D eigenvalue weighted by Gasteiger charge is 2.08. The van der Waals surface area contributed by atoms with Crippen LogP contribution in [0.2, 0.25) is 0 Å². The van der Waals surface area contributed by atoms with Gasteiger partial charge in [-0.05, 0) is 5.56 Å². The molecule has 0 unspecified atom stereocenters. The molecule has 2 rings (SSSR count). The van der Waals surface area contributed by atoms with Crippen LogP contribution in [0.3, 0.4) is 0 Å². The maximum Gasteiger partial charge on any atom is 0.0234 e. The summed E-state index contributed by atoms with van der Waals surface area (Å²) in [7, 11) is 0. The Morgan fingerprint density at radius 2 is 1.71 bits per heavy atom. The molecule has 1 aromatic carbocycles. The van der Waals surface area contributed by atoms with Gasteiger partial charge in [-0.25, -0.2) is 0 Å². The minimum atomic E-state index is 0. The first-order valence-corrected chi connectivity index (χ1v) is 4.92. The Bertz CT molecular complexity index is 242. The lowest BCUT2D eigenvalue weighted by atomic mass is 10.2. The van der Waals surface area contributed by atoms with E-state index in [1.807, 2.05) is 0 Å². The minimum absolute atomic E-state index is 0. The molecule has 0 bridgehead atoms. The Balaban J connectivity index is 0.000000980. The predicted octanol–water partition coefficient (Wildman–Crippen LogP) is 1.25. The molecule has 78 valence electrons. The smallest absolute Gasteiger partial charge is 0.0234 e. The van der Waals surface area contributed by atoms with E-state index in [-0.39, 0.29) is 6.15 Å². The lowest BCUT2D eigenvalue weighted by Crippen LogP contribution is -2.42. The number of benzene rings is 1. The van der Waals surface area contributed by atoms with Crippen LogP contribution in [-0.2, 0) is 6.54 Å². The fraction of sp³-hybridized carbons (Fsp3) is 0.455. The quantitative estimate of drug-likeness (QED) is 0.743. The van der Waals surface area contributed by atoms with Crippen molar-refractivity contribution in [2.75, 3.05) is 26.2 Å². The Hall–Kier alpha value is -0.900. The summed E-state index contributed by atoms with van der Waals surface area (Å²) in [5.41, 5.74) is 1.42. The molecule has 14 heavy (non-hydrogen) atoms. The highest BCUT2D eigenvalue weighted by molar-refractivity contribution is 5.14. The third-order valence-electron chi connectivity index (χ3n) is 2.46. The summed E-state index contributed by atoms with van der Waals surface area (Å²) in [5.74, 6) is 0. The molecule has 0 atom stereocenters. The van der Waals surface area contributed by atoms with Crippen molar-refractivity contribution in [1.82, 2.24) is 16.4 Å². The van der Waals surface area contributed by atoms with Gasteiger partial charge >= 0.3 is 0 Å². The third kappa shape index (κ3) is 3.10. The zero-order valence-corrected chi connectivity index (χ0v) is 8.58. The first kappa shape index (κ1) is 11.2. The molecule has 0 aliphatic carbocycles. The molecule has 1 aliphatic rings. The molecule has 0 radical (unpaired) electrons. The van der Waals surface area contributed by atoms with E-state index >= 15 is 0 Å². The summed E-state index contributed by atoms with van der Waals surface area (Å²) in [4.78, 5) is 2.49. The van der Waals surface area contributed by atoms with Crippen molar-refractivity contribution in [3.8, 4) is 0 Å². The Morgan fingerprint density at radius 1 is 1.07 bits per heavy atom. The van der Waals surface area contributed by atoms with Gasteiger partial charge in [0.15, 0.2) is 0 Å². The van der Waals surface area contributed by atoms with Gasteiger partial charge in [-0.15, -0.1) is 0 Å². The van der Waals surface area contributed by atoms with Crippen LogP contribution in [0.5, 0.6) is 0 Å². The van der Waals surface area contributed by atoms with Gasteiger partial charge in [0.1, 0.15) is 0 Å². The van der Waals surface area contributed by atoms with Crippen molar-refractivity contribution in [1.29, 1.82) is 0 Å². The van der Waals surface area contributed by atoms with Crippen LogP contribution >= 0.6 is 0 Å². The number of nitrogens with zero attached hydrogens (tertiary/aromatic N) is 1. The number of hydrogen-bond acceptors (Lipinski definition) is 3. The van der Waals surface area contributed by atoms with Crippen LogP contribution in [0.15, 0.2) is 30.3 Å². The Labute approximate surface area is 85.7 Å².